The van der Waals surface area contributed by atoms with Crippen LogP contribution >= 0.6 is 11.6 Å². The molecule has 3 aromatic rings. The highest BCUT2D eigenvalue weighted by Crippen LogP contribution is 2.15. The van der Waals surface area contributed by atoms with Gasteiger partial charge in [0.2, 0.25) is 5.91 Å². The Morgan fingerprint density at radius 2 is 1.96 bits per heavy atom. The minimum atomic E-state index is -0.0991. The van der Waals surface area contributed by atoms with Crippen LogP contribution in [0.15, 0.2) is 60.8 Å². The first kappa shape index (κ1) is 17.0. The summed E-state index contributed by atoms with van der Waals surface area (Å²) in [6, 6.07) is 16.8. The Bertz CT molecular complexity index is 859. The molecule has 128 valence electrons. The van der Waals surface area contributed by atoms with E-state index < -0.39 is 0 Å². The van der Waals surface area contributed by atoms with Gasteiger partial charge in [0.1, 0.15) is 11.6 Å². The number of benzene rings is 2. The van der Waals surface area contributed by atoms with Gasteiger partial charge in [0.05, 0.1) is 26.3 Å². The van der Waals surface area contributed by atoms with Gasteiger partial charge in [-0.3, -0.25) is 4.79 Å². The predicted octanol–water partition coefficient (Wildman–Crippen LogP) is 3.77. The lowest BCUT2D eigenvalue weighted by Crippen LogP contribution is -2.18. The van der Waals surface area contributed by atoms with Gasteiger partial charge in [0.25, 0.3) is 0 Å². The SMILES string of the molecule is COc1ccc(CC(=O)Nc2ccnn2Cc2cccc(Cl)c2)cc1. The number of ether oxygens (including phenoxy) is 1. The summed E-state index contributed by atoms with van der Waals surface area (Å²) in [5.41, 5.74) is 1.93. The number of hydrogen-bond acceptors (Lipinski definition) is 3. The highest BCUT2D eigenvalue weighted by Gasteiger charge is 2.09. The molecule has 1 amide bonds. The average molecular weight is 356 g/mol. The van der Waals surface area contributed by atoms with Crippen molar-refractivity contribution in [2.75, 3.05) is 12.4 Å². The lowest BCUT2D eigenvalue weighted by atomic mass is 10.1. The van der Waals surface area contributed by atoms with E-state index in [2.05, 4.69) is 10.4 Å². The number of aromatic nitrogens is 2. The van der Waals surface area contributed by atoms with E-state index in [1.165, 1.54) is 0 Å². The Kier molecular flexibility index (Phi) is 5.36. The quantitative estimate of drug-likeness (QED) is 0.732. The van der Waals surface area contributed by atoms with Crippen LogP contribution in [0, 0.1) is 0 Å². The van der Waals surface area contributed by atoms with E-state index in [1.54, 1.807) is 24.1 Å². The van der Waals surface area contributed by atoms with Gasteiger partial charge in [-0.2, -0.15) is 5.10 Å². The number of anilines is 1. The van der Waals surface area contributed by atoms with Crippen LogP contribution in [0.5, 0.6) is 5.75 Å². The summed E-state index contributed by atoms with van der Waals surface area (Å²) < 4.78 is 6.85. The normalized spacial score (nSPS) is 10.5. The third-order valence-corrected chi connectivity index (χ3v) is 3.96. The second kappa shape index (κ2) is 7.85. The molecule has 0 atom stereocenters. The molecule has 2 aromatic carbocycles. The zero-order valence-corrected chi connectivity index (χ0v) is 14.5. The van der Waals surface area contributed by atoms with Crippen molar-refractivity contribution in [2.45, 2.75) is 13.0 Å². The molecule has 0 aliphatic heterocycles. The van der Waals surface area contributed by atoms with Crippen molar-refractivity contribution in [1.82, 2.24) is 9.78 Å². The van der Waals surface area contributed by atoms with E-state index in [4.69, 9.17) is 16.3 Å². The Balaban J connectivity index is 1.64. The summed E-state index contributed by atoms with van der Waals surface area (Å²) in [5.74, 6) is 1.32. The third-order valence-electron chi connectivity index (χ3n) is 3.73. The molecule has 5 nitrogen and oxygen atoms in total. The molecule has 0 saturated carbocycles. The van der Waals surface area contributed by atoms with Crippen molar-refractivity contribution in [3.05, 3.63) is 76.9 Å². The molecule has 0 fully saturated rings. The van der Waals surface area contributed by atoms with Crippen LogP contribution in [0.1, 0.15) is 11.1 Å². The predicted molar refractivity (Wildman–Crippen MR) is 98.1 cm³/mol. The maximum Gasteiger partial charge on any atom is 0.229 e. The Hall–Kier alpha value is -2.79. The second-order valence-corrected chi connectivity index (χ2v) is 6.01. The van der Waals surface area contributed by atoms with Crippen molar-refractivity contribution < 1.29 is 9.53 Å². The van der Waals surface area contributed by atoms with Crippen LogP contribution in [-0.4, -0.2) is 22.8 Å². The molecule has 1 N–H and O–H groups in total. The molecule has 0 aliphatic carbocycles. The van der Waals surface area contributed by atoms with E-state index in [0.717, 1.165) is 16.9 Å². The summed E-state index contributed by atoms with van der Waals surface area (Å²) in [4.78, 5) is 12.3. The number of carbonyl (C=O) groups is 1. The molecule has 0 saturated heterocycles. The minimum Gasteiger partial charge on any atom is -0.497 e. The number of halogens is 1. The van der Waals surface area contributed by atoms with Crippen molar-refractivity contribution in [3.8, 4) is 5.75 Å². The van der Waals surface area contributed by atoms with Crippen LogP contribution in [0.4, 0.5) is 5.82 Å². The third kappa shape index (κ3) is 4.61. The van der Waals surface area contributed by atoms with Gasteiger partial charge in [0, 0.05) is 11.1 Å². The van der Waals surface area contributed by atoms with Crippen molar-refractivity contribution >= 4 is 23.3 Å². The minimum absolute atomic E-state index is 0.0991. The molecule has 0 unspecified atom stereocenters. The first-order valence-corrected chi connectivity index (χ1v) is 8.21. The smallest absolute Gasteiger partial charge is 0.229 e. The molecule has 1 aromatic heterocycles. The van der Waals surface area contributed by atoms with Gasteiger partial charge < -0.3 is 10.1 Å². The summed E-state index contributed by atoms with van der Waals surface area (Å²) in [6.07, 6.45) is 1.94. The Morgan fingerprint density at radius 1 is 1.16 bits per heavy atom. The molecule has 25 heavy (non-hydrogen) atoms. The number of nitrogens with zero attached hydrogens (tertiary/aromatic N) is 2. The molecule has 0 radical (unpaired) electrons. The van der Waals surface area contributed by atoms with Crippen molar-refractivity contribution in [3.63, 3.8) is 0 Å². The van der Waals surface area contributed by atoms with Gasteiger partial charge >= 0.3 is 0 Å². The number of hydrogen-bond donors (Lipinski definition) is 1. The lowest BCUT2D eigenvalue weighted by Gasteiger charge is -2.10. The largest absolute Gasteiger partial charge is 0.497 e. The molecule has 0 spiro atoms. The van der Waals surface area contributed by atoms with Crippen LogP contribution in [0.3, 0.4) is 0 Å². The number of amides is 1. The zero-order valence-electron chi connectivity index (χ0n) is 13.8. The van der Waals surface area contributed by atoms with E-state index in [-0.39, 0.29) is 12.3 Å². The fourth-order valence-corrected chi connectivity index (χ4v) is 2.70. The maximum absolute atomic E-state index is 12.3. The monoisotopic (exact) mass is 355 g/mol. The Morgan fingerprint density at radius 3 is 2.68 bits per heavy atom. The number of methoxy groups -OCH3 is 1. The fraction of sp³-hybridized carbons (Fsp3) is 0.158. The van der Waals surface area contributed by atoms with Crippen LogP contribution in [0.25, 0.3) is 0 Å². The molecular weight excluding hydrogens is 338 g/mol. The van der Waals surface area contributed by atoms with Gasteiger partial charge in [0.15, 0.2) is 0 Å². The number of carbonyl (C=O) groups excluding carboxylic acids is 1. The first-order chi connectivity index (χ1) is 12.1. The van der Waals surface area contributed by atoms with Crippen molar-refractivity contribution in [1.29, 1.82) is 0 Å². The molecule has 0 aliphatic rings. The molecule has 6 heteroatoms. The highest BCUT2D eigenvalue weighted by atomic mass is 35.5. The second-order valence-electron chi connectivity index (χ2n) is 5.58. The standard InChI is InChI=1S/C19H18ClN3O2/c1-25-17-7-5-14(6-8-17)12-19(24)22-18-9-10-21-23(18)13-15-3-2-4-16(20)11-15/h2-11H,12-13H2,1H3,(H,22,24). The van der Waals surface area contributed by atoms with Gasteiger partial charge in [-0.05, 0) is 35.4 Å². The van der Waals surface area contributed by atoms with Gasteiger partial charge in [-0.25, -0.2) is 4.68 Å². The molecular formula is C19H18ClN3O2. The number of rotatable bonds is 6. The van der Waals surface area contributed by atoms with E-state index in [0.29, 0.717) is 17.4 Å². The molecule has 3 rings (SSSR count). The summed E-state index contributed by atoms with van der Waals surface area (Å²) in [7, 11) is 1.61. The summed E-state index contributed by atoms with van der Waals surface area (Å²) >= 11 is 6.01. The lowest BCUT2D eigenvalue weighted by molar-refractivity contribution is -0.115. The van der Waals surface area contributed by atoms with E-state index in [1.807, 2.05) is 48.5 Å². The summed E-state index contributed by atoms with van der Waals surface area (Å²) in [6.45, 7) is 0.533. The van der Waals surface area contributed by atoms with E-state index in [9.17, 15) is 4.79 Å². The first-order valence-electron chi connectivity index (χ1n) is 7.83. The molecule has 0 bridgehead atoms. The topological polar surface area (TPSA) is 56.1 Å². The Labute approximate surface area is 151 Å². The van der Waals surface area contributed by atoms with Crippen LogP contribution in [-0.2, 0) is 17.8 Å². The molecule has 1 heterocycles. The maximum atomic E-state index is 12.3. The zero-order chi connectivity index (χ0) is 17.6. The van der Waals surface area contributed by atoms with Gasteiger partial charge in [-0.1, -0.05) is 35.9 Å². The highest BCUT2D eigenvalue weighted by molar-refractivity contribution is 6.30. The fourth-order valence-electron chi connectivity index (χ4n) is 2.49. The van der Waals surface area contributed by atoms with E-state index >= 15 is 0 Å². The van der Waals surface area contributed by atoms with Crippen LogP contribution in [0.2, 0.25) is 5.02 Å². The van der Waals surface area contributed by atoms with Crippen molar-refractivity contribution in [2.24, 2.45) is 0 Å². The average Bonchev–Trinajstić information content (AvgIpc) is 3.02. The number of nitrogens with one attached hydrogen (secondary N) is 1. The summed E-state index contributed by atoms with van der Waals surface area (Å²) in [5, 5.41) is 7.84. The van der Waals surface area contributed by atoms with Crippen LogP contribution < -0.4 is 10.1 Å². The van der Waals surface area contributed by atoms with Gasteiger partial charge in [-0.15, -0.1) is 0 Å².